The van der Waals surface area contributed by atoms with Gasteiger partial charge in [0.05, 0.1) is 16.5 Å². The molecule has 0 spiro atoms. The van der Waals surface area contributed by atoms with E-state index in [4.69, 9.17) is 4.42 Å². The molecule has 5 rings (SSSR count). The van der Waals surface area contributed by atoms with Crippen molar-refractivity contribution in [3.63, 3.8) is 0 Å². The minimum Gasteiger partial charge on any atom is -0.465 e. The van der Waals surface area contributed by atoms with Gasteiger partial charge in [0.15, 0.2) is 0 Å². The highest BCUT2D eigenvalue weighted by Crippen LogP contribution is 2.23. The third-order valence-electron chi connectivity index (χ3n) is 4.60. The van der Waals surface area contributed by atoms with Gasteiger partial charge in [-0.1, -0.05) is 72.0 Å². The quantitative estimate of drug-likeness (QED) is 0.544. The number of thiazole rings is 1. The molecule has 3 heterocycles. The molecule has 4 aromatic rings. The van der Waals surface area contributed by atoms with Gasteiger partial charge in [0.25, 0.3) is 5.56 Å². The van der Waals surface area contributed by atoms with E-state index in [1.807, 2.05) is 66.7 Å². The second-order valence-electron chi connectivity index (χ2n) is 6.35. The van der Waals surface area contributed by atoms with Crippen LogP contribution < -0.4 is 14.9 Å². The largest absolute Gasteiger partial charge is 0.465 e. The number of aromatic nitrogens is 1. The van der Waals surface area contributed by atoms with E-state index in [0.29, 0.717) is 15.1 Å². The number of nitrogens with zero attached hydrogens (tertiary/aromatic N) is 3. The molecule has 5 nitrogen and oxygen atoms in total. The highest BCUT2D eigenvalue weighted by Gasteiger charge is 2.28. The van der Waals surface area contributed by atoms with E-state index in [-0.39, 0.29) is 11.6 Å². The predicted octanol–water partition coefficient (Wildman–Crippen LogP) is 2.96. The van der Waals surface area contributed by atoms with Crippen molar-refractivity contribution in [3.05, 3.63) is 116 Å². The topological polar surface area (TPSA) is 59.9 Å². The Hall–Kier alpha value is -3.51. The lowest BCUT2D eigenvalue weighted by Gasteiger charge is -2.22. The standard InChI is InChI=1S/C22H15N3O2S/c26-21-18(14-17-12-7-13-27-17)28-22-24-23-19(15-8-3-1-4-9-15)20(25(21)22)16-10-5-2-6-11-16/h1-14,20H/t20-/m1/s1. The van der Waals surface area contributed by atoms with E-state index in [1.165, 1.54) is 11.3 Å². The molecular weight excluding hydrogens is 370 g/mol. The van der Waals surface area contributed by atoms with E-state index in [9.17, 15) is 4.79 Å². The van der Waals surface area contributed by atoms with Crippen molar-refractivity contribution in [2.24, 2.45) is 10.2 Å². The van der Waals surface area contributed by atoms with E-state index in [2.05, 4.69) is 10.2 Å². The van der Waals surface area contributed by atoms with Gasteiger partial charge in [-0.05, 0) is 17.7 Å². The Morgan fingerprint density at radius 2 is 1.68 bits per heavy atom. The van der Waals surface area contributed by atoms with E-state index in [1.54, 1.807) is 23.0 Å². The van der Waals surface area contributed by atoms with Gasteiger partial charge in [-0.2, -0.15) is 0 Å². The van der Waals surface area contributed by atoms with Crippen LogP contribution >= 0.6 is 11.3 Å². The van der Waals surface area contributed by atoms with Crippen molar-refractivity contribution in [2.45, 2.75) is 6.04 Å². The van der Waals surface area contributed by atoms with Crippen LogP contribution in [0.25, 0.3) is 6.08 Å². The summed E-state index contributed by atoms with van der Waals surface area (Å²) in [5.74, 6) is 0.636. The molecule has 1 atom stereocenters. The Balaban J connectivity index is 1.75. The predicted molar refractivity (Wildman–Crippen MR) is 109 cm³/mol. The smallest absolute Gasteiger partial charge is 0.271 e. The molecule has 0 aliphatic carbocycles. The molecule has 136 valence electrons. The van der Waals surface area contributed by atoms with Crippen LogP contribution in [0.5, 0.6) is 0 Å². The summed E-state index contributed by atoms with van der Waals surface area (Å²) in [5, 5.41) is 8.86. The zero-order valence-corrected chi connectivity index (χ0v) is 15.5. The minimum absolute atomic E-state index is 0.0997. The van der Waals surface area contributed by atoms with Gasteiger partial charge in [-0.3, -0.25) is 9.36 Å². The second kappa shape index (κ2) is 6.90. The van der Waals surface area contributed by atoms with Crippen molar-refractivity contribution in [2.75, 3.05) is 0 Å². The number of rotatable bonds is 3. The molecule has 0 fully saturated rings. The lowest BCUT2D eigenvalue weighted by atomic mass is 9.96. The zero-order valence-electron chi connectivity index (χ0n) is 14.7. The van der Waals surface area contributed by atoms with Crippen LogP contribution in [0.4, 0.5) is 0 Å². The van der Waals surface area contributed by atoms with Crippen LogP contribution in [0.2, 0.25) is 0 Å². The van der Waals surface area contributed by atoms with Gasteiger partial charge >= 0.3 is 0 Å². The number of fused-ring (bicyclic) bond motifs is 1. The second-order valence-corrected chi connectivity index (χ2v) is 7.36. The molecule has 0 bridgehead atoms. The van der Waals surface area contributed by atoms with E-state index >= 15 is 0 Å². The SMILES string of the molecule is O=c1c(=Cc2ccco2)sc2n1[C@H](c1ccccc1)C(c1ccccc1)=NN=2. The third-order valence-corrected chi connectivity index (χ3v) is 5.57. The summed E-state index contributed by atoms with van der Waals surface area (Å²) < 4.78 is 7.67. The maximum Gasteiger partial charge on any atom is 0.271 e. The highest BCUT2D eigenvalue weighted by atomic mass is 32.1. The summed E-state index contributed by atoms with van der Waals surface area (Å²) >= 11 is 1.32. The molecule has 6 heteroatoms. The van der Waals surface area contributed by atoms with Gasteiger partial charge in [0.1, 0.15) is 11.8 Å². The molecule has 1 aliphatic rings. The average Bonchev–Trinajstić information content (AvgIpc) is 3.37. The number of hydrogen-bond donors (Lipinski definition) is 0. The van der Waals surface area contributed by atoms with Crippen molar-refractivity contribution in [3.8, 4) is 0 Å². The minimum atomic E-state index is -0.335. The van der Waals surface area contributed by atoms with Crippen molar-refractivity contribution in [1.29, 1.82) is 0 Å². The van der Waals surface area contributed by atoms with Crippen LogP contribution in [0.15, 0.2) is 98.5 Å². The Labute approximate surface area is 164 Å². The number of furan rings is 1. The van der Waals surface area contributed by atoms with Crippen molar-refractivity contribution in [1.82, 2.24) is 4.57 Å². The van der Waals surface area contributed by atoms with Crippen LogP contribution in [0, 0.1) is 0 Å². The van der Waals surface area contributed by atoms with Gasteiger partial charge in [0, 0.05) is 11.6 Å². The molecule has 0 N–H and O–H groups in total. The summed E-state index contributed by atoms with van der Waals surface area (Å²) in [6.45, 7) is 0. The molecule has 28 heavy (non-hydrogen) atoms. The molecule has 1 aliphatic heterocycles. The molecule has 0 amide bonds. The fraction of sp³-hybridized carbons (Fsp3) is 0.0455. The lowest BCUT2D eigenvalue weighted by molar-refractivity contribution is 0.556. The summed E-state index contributed by atoms with van der Waals surface area (Å²) in [7, 11) is 0. The van der Waals surface area contributed by atoms with E-state index in [0.717, 1.165) is 16.8 Å². The Bertz CT molecular complexity index is 1320. The Kier molecular flexibility index (Phi) is 4.10. The van der Waals surface area contributed by atoms with E-state index < -0.39 is 0 Å². The number of benzene rings is 2. The van der Waals surface area contributed by atoms with Gasteiger partial charge in [-0.15, -0.1) is 10.2 Å². The highest BCUT2D eigenvalue weighted by molar-refractivity contribution is 7.07. The first-order chi connectivity index (χ1) is 13.8. The maximum absolute atomic E-state index is 13.3. The Morgan fingerprint density at radius 1 is 0.929 bits per heavy atom. The fourth-order valence-electron chi connectivity index (χ4n) is 3.33. The van der Waals surface area contributed by atoms with Crippen LogP contribution in [-0.4, -0.2) is 10.3 Å². The summed E-state index contributed by atoms with van der Waals surface area (Å²) in [6, 6.07) is 23.1. The molecule has 0 unspecified atom stereocenters. The summed E-state index contributed by atoms with van der Waals surface area (Å²) in [5.41, 5.74) is 2.59. The first-order valence-corrected chi connectivity index (χ1v) is 9.65. The maximum atomic E-state index is 13.3. The normalized spacial score (nSPS) is 16.4. The van der Waals surface area contributed by atoms with Crippen LogP contribution in [0.3, 0.4) is 0 Å². The average molecular weight is 385 g/mol. The molecule has 0 saturated carbocycles. The third kappa shape index (κ3) is 2.84. The fourth-order valence-corrected chi connectivity index (χ4v) is 4.25. The van der Waals surface area contributed by atoms with Crippen molar-refractivity contribution < 1.29 is 4.42 Å². The zero-order chi connectivity index (χ0) is 18.9. The summed E-state index contributed by atoms with van der Waals surface area (Å²) in [6.07, 6.45) is 3.34. The van der Waals surface area contributed by atoms with Gasteiger partial charge in [0.2, 0.25) is 4.80 Å². The van der Waals surface area contributed by atoms with Crippen LogP contribution in [-0.2, 0) is 0 Å². The molecular formula is C22H15N3O2S. The summed E-state index contributed by atoms with van der Waals surface area (Å²) in [4.78, 5) is 13.9. The molecule has 0 saturated heterocycles. The lowest BCUT2D eigenvalue weighted by Crippen LogP contribution is -2.40. The molecule has 2 aromatic heterocycles. The molecule has 2 aromatic carbocycles. The van der Waals surface area contributed by atoms with Crippen LogP contribution in [0.1, 0.15) is 22.9 Å². The monoisotopic (exact) mass is 385 g/mol. The van der Waals surface area contributed by atoms with Crippen molar-refractivity contribution >= 4 is 23.1 Å². The Morgan fingerprint density at radius 3 is 2.39 bits per heavy atom. The molecule has 0 radical (unpaired) electrons. The first kappa shape index (κ1) is 16.6. The van der Waals surface area contributed by atoms with Gasteiger partial charge in [-0.25, -0.2) is 0 Å². The number of hydrogen-bond acceptors (Lipinski definition) is 5. The van der Waals surface area contributed by atoms with Gasteiger partial charge < -0.3 is 4.42 Å². The first-order valence-electron chi connectivity index (χ1n) is 8.84.